The molecule has 1 atom stereocenters. The van der Waals surface area contributed by atoms with E-state index in [1.807, 2.05) is 47.4 Å². The summed E-state index contributed by atoms with van der Waals surface area (Å²) in [4.78, 5) is 45.9. The van der Waals surface area contributed by atoms with Crippen molar-refractivity contribution >= 4 is 40.9 Å². The third kappa shape index (κ3) is 21.4. The van der Waals surface area contributed by atoms with Gasteiger partial charge in [0, 0.05) is 51.5 Å². The number of aliphatic carboxylic acids is 3. The first-order valence-corrected chi connectivity index (χ1v) is 21.6. The maximum Gasteiger partial charge on any atom is 0.320 e. The Balaban J connectivity index is 1.41. The summed E-state index contributed by atoms with van der Waals surface area (Å²) in [6, 6.07) is 12.5. The Kier molecular flexibility index (Phi) is 23.7. The van der Waals surface area contributed by atoms with Crippen LogP contribution in [0.1, 0.15) is 120 Å². The number of pyridine rings is 1. The number of nitrogens with one attached hydrogen (secondary N) is 2. The molecule has 0 spiro atoms. The molecule has 13 heteroatoms. The minimum Gasteiger partial charge on any atom is -0.480 e. The van der Waals surface area contributed by atoms with E-state index >= 15 is 0 Å². The highest BCUT2D eigenvalue weighted by molar-refractivity contribution is 7.80. The van der Waals surface area contributed by atoms with E-state index in [0.29, 0.717) is 55.5 Å². The molecular formula is C44H68N6O6S. The summed E-state index contributed by atoms with van der Waals surface area (Å²) in [6.45, 7) is 4.48. The second-order valence-corrected chi connectivity index (χ2v) is 15.7. The van der Waals surface area contributed by atoms with E-state index in [-0.39, 0.29) is 26.2 Å². The number of allylic oxidation sites excluding steroid dienone is 2. The molecule has 5 N–H and O–H groups in total. The number of anilines is 1. The molecule has 3 rings (SSSR count). The van der Waals surface area contributed by atoms with Crippen LogP contribution in [0.15, 0.2) is 54.6 Å². The third-order valence-electron chi connectivity index (χ3n) is 10.4. The van der Waals surface area contributed by atoms with Crippen molar-refractivity contribution in [1.29, 1.82) is 0 Å². The number of hydrogen-bond donors (Lipinski definition) is 5. The largest absolute Gasteiger partial charge is 0.480 e. The Bertz CT molecular complexity index is 1510. The molecule has 57 heavy (non-hydrogen) atoms. The van der Waals surface area contributed by atoms with Gasteiger partial charge >= 0.3 is 17.9 Å². The highest BCUT2D eigenvalue weighted by Crippen LogP contribution is 2.18. The molecule has 1 unspecified atom stereocenters. The molecule has 1 aliphatic heterocycles. The predicted molar refractivity (Wildman–Crippen MR) is 231 cm³/mol. The van der Waals surface area contributed by atoms with Gasteiger partial charge in [0.25, 0.3) is 0 Å². The summed E-state index contributed by atoms with van der Waals surface area (Å²) in [7, 11) is 0. The van der Waals surface area contributed by atoms with Crippen LogP contribution >= 0.6 is 12.2 Å². The fourth-order valence-corrected chi connectivity index (χ4v) is 7.40. The van der Waals surface area contributed by atoms with Gasteiger partial charge < -0.3 is 26.0 Å². The van der Waals surface area contributed by atoms with Gasteiger partial charge in [-0.25, -0.2) is 0 Å². The molecule has 0 fully saturated rings. The van der Waals surface area contributed by atoms with Crippen LogP contribution in [-0.2, 0) is 33.9 Å². The minimum atomic E-state index is -0.997. The van der Waals surface area contributed by atoms with Crippen LogP contribution in [0.4, 0.5) is 5.69 Å². The van der Waals surface area contributed by atoms with Crippen LogP contribution in [0.2, 0.25) is 0 Å². The minimum absolute atomic E-state index is 0.196. The molecule has 0 aliphatic carbocycles. The number of aryl methyl sites for hydroxylation is 1. The van der Waals surface area contributed by atoms with Crippen LogP contribution in [0.5, 0.6) is 0 Å². The third-order valence-corrected chi connectivity index (χ3v) is 10.6. The maximum atomic E-state index is 12.7. The molecule has 0 amide bonds. The Morgan fingerprint density at radius 2 is 1.30 bits per heavy atom. The molecule has 316 valence electrons. The van der Waals surface area contributed by atoms with Crippen molar-refractivity contribution in [1.82, 2.24) is 25.0 Å². The van der Waals surface area contributed by atoms with Crippen molar-refractivity contribution in [2.24, 2.45) is 0 Å². The molecule has 2 bridgehead atoms. The van der Waals surface area contributed by atoms with Gasteiger partial charge in [0.05, 0.1) is 24.5 Å². The molecule has 1 aliphatic rings. The zero-order valence-electron chi connectivity index (χ0n) is 34.2. The quantitative estimate of drug-likeness (QED) is 0.0360. The topological polar surface area (TPSA) is 159 Å². The molecule has 0 saturated carbocycles. The predicted octanol–water partition coefficient (Wildman–Crippen LogP) is 7.58. The van der Waals surface area contributed by atoms with E-state index in [4.69, 9.17) is 17.2 Å². The van der Waals surface area contributed by atoms with E-state index in [2.05, 4.69) is 29.7 Å². The summed E-state index contributed by atoms with van der Waals surface area (Å²) in [5, 5.41) is 36.5. The number of rotatable bonds is 26. The second kappa shape index (κ2) is 28.5. The zero-order chi connectivity index (χ0) is 41.1. The monoisotopic (exact) mass is 808 g/mol. The van der Waals surface area contributed by atoms with Crippen molar-refractivity contribution in [3.63, 3.8) is 0 Å². The first-order valence-electron chi connectivity index (χ1n) is 21.2. The van der Waals surface area contributed by atoms with E-state index in [9.17, 15) is 29.7 Å². The smallest absolute Gasteiger partial charge is 0.320 e. The van der Waals surface area contributed by atoms with Gasteiger partial charge in [0.15, 0.2) is 5.11 Å². The average Bonchev–Trinajstić information content (AvgIpc) is 3.16. The number of carboxylic acid groups (broad SMARTS) is 3. The lowest BCUT2D eigenvalue weighted by molar-refractivity contribution is -0.144. The standard InChI is InChI=1S/C44H68N6O6S/c1-2-3-4-5-6-7-8-9-10-11-12-13-14-15-16-17-27-45-44(57)47-37-24-21-36(22-25-37)23-26-40(43(55)56)50-31-30-48(34-41(51)52)28-29-49(35-42(53)54)32-38-19-18-20-39(33-50)46-38/h9-10,18-22,24-25,40H,2-8,11-17,23,26-35H2,1H3,(H,51,52)(H,53,54)(H,55,56)(H2,45,47,57)/b10-9-. The Labute approximate surface area is 346 Å². The Morgan fingerprint density at radius 3 is 1.93 bits per heavy atom. The second-order valence-electron chi connectivity index (χ2n) is 15.3. The number of hydrogen-bond acceptors (Lipinski definition) is 8. The molecule has 12 nitrogen and oxygen atoms in total. The van der Waals surface area contributed by atoms with Gasteiger partial charge in [-0.1, -0.05) is 95.1 Å². The van der Waals surface area contributed by atoms with Crippen molar-refractivity contribution < 1.29 is 29.7 Å². The highest BCUT2D eigenvalue weighted by atomic mass is 32.1. The molecule has 0 saturated heterocycles. The summed E-state index contributed by atoms with van der Waals surface area (Å²) in [5.74, 6) is -2.92. The average molecular weight is 809 g/mol. The number of benzene rings is 1. The first-order chi connectivity index (χ1) is 27.6. The molecule has 1 aromatic heterocycles. The van der Waals surface area contributed by atoms with E-state index in [0.717, 1.165) is 24.2 Å². The lowest BCUT2D eigenvalue weighted by Gasteiger charge is -2.33. The summed E-state index contributed by atoms with van der Waals surface area (Å²) >= 11 is 5.53. The SMILES string of the molecule is CCCCCCCC/C=C\CCCCCCCCNC(=S)Nc1ccc(CCC(C(=O)O)N2CCN(CC(=O)O)CCN(CC(=O)O)Cc3cccc(n3)C2)cc1. The highest BCUT2D eigenvalue weighted by Gasteiger charge is 2.27. The van der Waals surface area contributed by atoms with Gasteiger partial charge in [-0.05, 0) is 87.0 Å². The summed E-state index contributed by atoms with van der Waals surface area (Å²) < 4.78 is 0. The number of aromatic nitrogens is 1. The van der Waals surface area contributed by atoms with Gasteiger partial charge in [-0.3, -0.25) is 34.1 Å². The molecular weight excluding hydrogens is 741 g/mol. The van der Waals surface area contributed by atoms with Crippen LogP contribution in [0, 0.1) is 0 Å². The number of thiocarbonyl (C=S) groups is 1. The van der Waals surface area contributed by atoms with Gasteiger partial charge in [0.2, 0.25) is 0 Å². The van der Waals surface area contributed by atoms with Gasteiger partial charge in [0.1, 0.15) is 6.04 Å². The maximum absolute atomic E-state index is 12.7. The summed E-state index contributed by atoms with van der Waals surface area (Å²) in [5.41, 5.74) is 3.21. The zero-order valence-corrected chi connectivity index (χ0v) is 35.0. The number of carbonyl (C=O) groups is 3. The fourth-order valence-electron chi connectivity index (χ4n) is 7.18. The van der Waals surface area contributed by atoms with Crippen LogP contribution in [0.25, 0.3) is 0 Å². The van der Waals surface area contributed by atoms with Crippen molar-refractivity contribution in [3.05, 3.63) is 71.6 Å². The van der Waals surface area contributed by atoms with Crippen molar-refractivity contribution in [3.8, 4) is 0 Å². The molecule has 0 radical (unpaired) electrons. The van der Waals surface area contributed by atoms with Crippen molar-refractivity contribution in [2.45, 2.75) is 129 Å². The van der Waals surface area contributed by atoms with Crippen LogP contribution < -0.4 is 10.6 Å². The number of unbranched alkanes of at least 4 members (excludes halogenated alkanes) is 12. The van der Waals surface area contributed by atoms with E-state index in [1.165, 1.54) is 83.5 Å². The van der Waals surface area contributed by atoms with Crippen LogP contribution in [0.3, 0.4) is 0 Å². The number of fused-ring (bicyclic) bond motifs is 2. The Morgan fingerprint density at radius 1 is 0.737 bits per heavy atom. The van der Waals surface area contributed by atoms with Crippen LogP contribution in [-0.4, -0.2) is 110 Å². The normalized spacial score (nSPS) is 15.1. The van der Waals surface area contributed by atoms with E-state index < -0.39 is 23.9 Å². The van der Waals surface area contributed by atoms with Gasteiger partial charge in [-0.2, -0.15) is 0 Å². The van der Waals surface area contributed by atoms with E-state index in [1.54, 1.807) is 9.80 Å². The molecule has 1 aromatic carbocycles. The Hall–Kier alpha value is -3.91. The van der Waals surface area contributed by atoms with Gasteiger partial charge in [-0.15, -0.1) is 0 Å². The fraction of sp³-hybridized carbons (Fsp3) is 0.614. The lowest BCUT2D eigenvalue weighted by Crippen LogP contribution is -2.47. The number of nitrogens with zero attached hydrogens (tertiary/aromatic N) is 4. The first kappa shape index (κ1) is 47.5. The molecule has 2 aromatic rings. The lowest BCUT2D eigenvalue weighted by atomic mass is 10.0. The summed E-state index contributed by atoms with van der Waals surface area (Å²) in [6.07, 6.45) is 23.5. The molecule has 2 heterocycles. The number of carboxylic acids is 3. The van der Waals surface area contributed by atoms with Crippen molar-refractivity contribution in [2.75, 3.05) is 51.1 Å².